The molecule has 1 saturated heterocycles. The SMILES string of the molecule is Cl.N[C@H]1CCN(S(=O)(=O)c2ccc3c(c2)CCCC3)C1. The van der Waals surface area contributed by atoms with E-state index in [-0.39, 0.29) is 18.4 Å². The molecule has 2 aliphatic rings. The average Bonchev–Trinajstić information content (AvgIpc) is 2.85. The number of nitrogens with zero attached hydrogens (tertiary/aromatic N) is 1. The molecule has 1 heterocycles. The molecule has 1 fully saturated rings. The normalized spacial score (nSPS) is 23.1. The van der Waals surface area contributed by atoms with Crippen molar-refractivity contribution in [3.63, 3.8) is 0 Å². The number of fused-ring (bicyclic) bond motifs is 1. The van der Waals surface area contributed by atoms with Crippen molar-refractivity contribution in [2.45, 2.75) is 43.0 Å². The van der Waals surface area contributed by atoms with Gasteiger partial charge in [-0.3, -0.25) is 0 Å². The lowest BCUT2D eigenvalue weighted by Gasteiger charge is -2.19. The van der Waals surface area contributed by atoms with Crippen molar-refractivity contribution in [1.82, 2.24) is 4.31 Å². The highest BCUT2D eigenvalue weighted by molar-refractivity contribution is 7.89. The second-order valence-corrected chi connectivity index (χ2v) is 7.49. The van der Waals surface area contributed by atoms with Gasteiger partial charge in [-0.05, 0) is 55.4 Å². The number of halogens is 1. The van der Waals surface area contributed by atoms with E-state index in [1.807, 2.05) is 12.1 Å². The Bertz CT molecular complexity index is 589. The lowest BCUT2D eigenvalue weighted by Crippen LogP contribution is -2.32. The van der Waals surface area contributed by atoms with Crippen molar-refractivity contribution in [3.05, 3.63) is 29.3 Å². The fourth-order valence-electron chi connectivity index (χ4n) is 2.99. The maximum Gasteiger partial charge on any atom is 0.243 e. The predicted octanol–water partition coefficient (Wildman–Crippen LogP) is 1.71. The van der Waals surface area contributed by atoms with E-state index in [1.54, 1.807) is 6.07 Å². The molecule has 0 saturated carbocycles. The van der Waals surface area contributed by atoms with E-state index in [9.17, 15) is 8.42 Å². The minimum atomic E-state index is -3.35. The predicted molar refractivity (Wildman–Crippen MR) is 81.7 cm³/mol. The van der Waals surface area contributed by atoms with Crippen LogP contribution in [0.3, 0.4) is 0 Å². The summed E-state index contributed by atoms with van der Waals surface area (Å²) in [6.07, 6.45) is 5.19. The highest BCUT2D eigenvalue weighted by Crippen LogP contribution is 2.26. The van der Waals surface area contributed by atoms with E-state index in [4.69, 9.17) is 5.73 Å². The molecule has 1 aromatic carbocycles. The van der Waals surface area contributed by atoms with Crippen LogP contribution in [0.15, 0.2) is 23.1 Å². The third-order valence-electron chi connectivity index (χ3n) is 4.15. The summed E-state index contributed by atoms with van der Waals surface area (Å²) >= 11 is 0. The van der Waals surface area contributed by atoms with Crippen molar-refractivity contribution in [3.8, 4) is 0 Å². The lowest BCUT2D eigenvalue weighted by molar-refractivity contribution is 0.472. The lowest BCUT2D eigenvalue weighted by atomic mass is 9.92. The summed E-state index contributed by atoms with van der Waals surface area (Å²) in [5.74, 6) is 0. The Labute approximate surface area is 126 Å². The van der Waals surface area contributed by atoms with Crippen LogP contribution in [-0.4, -0.2) is 31.9 Å². The molecule has 112 valence electrons. The second-order valence-electron chi connectivity index (χ2n) is 5.55. The summed E-state index contributed by atoms with van der Waals surface area (Å²) < 4.78 is 26.6. The van der Waals surface area contributed by atoms with E-state index in [0.29, 0.717) is 18.0 Å². The number of sulfonamides is 1. The number of aryl methyl sites for hydroxylation is 2. The van der Waals surface area contributed by atoms with Crippen LogP contribution in [0.5, 0.6) is 0 Å². The Balaban J connectivity index is 0.00000147. The summed E-state index contributed by atoms with van der Waals surface area (Å²) in [5, 5.41) is 0. The van der Waals surface area contributed by atoms with E-state index in [1.165, 1.54) is 21.9 Å². The molecule has 0 spiro atoms. The third-order valence-corrected chi connectivity index (χ3v) is 6.01. The van der Waals surface area contributed by atoms with Gasteiger partial charge in [0.1, 0.15) is 0 Å². The molecule has 3 rings (SSSR count). The number of nitrogens with two attached hydrogens (primary N) is 1. The van der Waals surface area contributed by atoms with E-state index in [2.05, 4.69) is 0 Å². The second kappa shape index (κ2) is 6.02. The number of hydrogen-bond acceptors (Lipinski definition) is 3. The first kappa shape index (κ1) is 15.8. The summed E-state index contributed by atoms with van der Waals surface area (Å²) in [5.41, 5.74) is 8.32. The van der Waals surface area contributed by atoms with Gasteiger partial charge >= 0.3 is 0 Å². The first-order chi connectivity index (χ1) is 9.07. The quantitative estimate of drug-likeness (QED) is 0.903. The van der Waals surface area contributed by atoms with Gasteiger partial charge in [0.15, 0.2) is 0 Å². The molecule has 2 N–H and O–H groups in total. The largest absolute Gasteiger partial charge is 0.326 e. The fourth-order valence-corrected chi connectivity index (χ4v) is 4.55. The van der Waals surface area contributed by atoms with E-state index < -0.39 is 10.0 Å². The molecule has 1 aliphatic heterocycles. The van der Waals surface area contributed by atoms with Crippen LogP contribution in [0.4, 0.5) is 0 Å². The van der Waals surface area contributed by atoms with Crippen LogP contribution in [0.25, 0.3) is 0 Å². The van der Waals surface area contributed by atoms with Gasteiger partial charge in [-0.1, -0.05) is 6.07 Å². The Kier molecular flexibility index (Phi) is 4.74. The first-order valence-corrected chi connectivity index (χ1v) is 8.39. The Hall–Kier alpha value is -0.620. The van der Waals surface area contributed by atoms with E-state index >= 15 is 0 Å². The third kappa shape index (κ3) is 2.86. The van der Waals surface area contributed by atoms with Gasteiger partial charge in [0, 0.05) is 19.1 Å². The summed E-state index contributed by atoms with van der Waals surface area (Å²) in [4.78, 5) is 0.433. The molecule has 1 atom stereocenters. The standard InChI is InChI=1S/C14H20N2O2S.ClH/c15-13-7-8-16(10-13)19(17,18)14-6-5-11-3-1-2-4-12(11)9-14;/h5-6,9,13H,1-4,7-8,10,15H2;1H/t13-;/m0./s1. The average molecular weight is 317 g/mol. The van der Waals surface area contributed by atoms with Crippen LogP contribution < -0.4 is 5.73 Å². The van der Waals surface area contributed by atoms with Crippen LogP contribution >= 0.6 is 12.4 Å². The van der Waals surface area contributed by atoms with Gasteiger partial charge < -0.3 is 5.73 Å². The molecule has 0 aromatic heterocycles. The van der Waals surface area contributed by atoms with Gasteiger partial charge in [-0.25, -0.2) is 8.42 Å². The van der Waals surface area contributed by atoms with Crippen molar-refractivity contribution >= 4 is 22.4 Å². The van der Waals surface area contributed by atoms with Gasteiger partial charge in [0.05, 0.1) is 4.90 Å². The molecule has 1 aromatic rings. The number of benzene rings is 1. The smallest absolute Gasteiger partial charge is 0.243 e. The van der Waals surface area contributed by atoms with Gasteiger partial charge in [0.2, 0.25) is 10.0 Å². The van der Waals surface area contributed by atoms with Crippen LogP contribution in [0.2, 0.25) is 0 Å². The number of hydrogen-bond donors (Lipinski definition) is 1. The minimum Gasteiger partial charge on any atom is -0.326 e. The van der Waals surface area contributed by atoms with Crippen molar-refractivity contribution in [2.75, 3.05) is 13.1 Å². The van der Waals surface area contributed by atoms with Crippen LogP contribution in [0.1, 0.15) is 30.4 Å². The molecule has 0 bridgehead atoms. The maximum absolute atomic E-state index is 12.5. The molecule has 0 radical (unpaired) electrons. The van der Waals surface area contributed by atoms with E-state index in [0.717, 1.165) is 25.7 Å². The Morgan fingerprint density at radius 2 is 1.85 bits per heavy atom. The number of rotatable bonds is 2. The zero-order chi connectivity index (χ0) is 13.5. The summed E-state index contributed by atoms with van der Waals surface area (Å²) in [6.45, 7) is 0.986. The zero-order valence-electron chi connectivity index (χ0n) is 11.4. The Morgan fingerprint density at radius 3 is 2.50 bits per heavy atom. The first-order valence-electron chi connectivity index (χ1n) is 6.95. The van der Waals surface area contributed by atoms with Crippen LogP contribution in [0, 0.1) is 0 Å². The molecule has 0 unspecified atom stereocenters. The fraction of sp³-hybridized carbons (Fsp3) is 0.571. The van der Waals surface area contributed by atoms with Crippen molar-refractivity contribution in [1.29, 1.82) is 0 Å². The van der Waals surface area contributed by atoms with Gasteiger partial charge in [-0.15, -0.1) is 12.4 Å². The summed E-state index contributed by atoms with van der Waals surface area (Å²) in [6, 6.07) is 5.58. The molecule has 1 aliphatic carbocycles. The highest BCUT2D eigenvalue weighted by Gasteiger charge is 2.31. The molecule has 4 nitrogen and oxygen atoms in total. The van der Waals surface area contributed by atoms with Gasteiger partial charge in [-0.2, -0.15) is 4.31 Å². The van der Waals surface area contributed by atoms with Crippen LogP contribution in [-0.2, 0) is 22.9 Å². The summed E-state index contributed by atoms with van der Waals surface area (Å²) in [7, 11) is -3.35. The maximum atomic E-state index is 12.5. The minimum absolute atomic E-state index is 0. The Morgan fingerprint density at radius 1 is 1.15 bits per heavy atom. The monoisotopic (exact) mass is 316 g/mol. The molecular formula is C14H21ClN2O2S. The topological polar surface area (TPSA) is 63.4 Å². The van der Waals surface area contributed by atoms with Crippen molar-refractivity contribution < 1.29 is 8.42 Å². The molecule has 0 amide bonds. The highest BCUT2D eigenvalue weighted by atomic mass is 35.5. The molecule has 6 heteroatoms. The van der Waals surface area contributed by atoms with Crippen molar-refractivity contribution in [2.24, 2.45) is 5.73 Å². The molecular weight excluding hydrogens is 296 g/mol. The molecule has 20 heavy (non-hydrogen) atoms. The zero-order valence-corrected chi connectivity index (χ0v) is 13.0. The van der Waals surface area contributed by atoms with Gasteiger partial charge in [0.25, 0.3) is 0 Å².